The second-order valence-electron chi connectivity index (χ2n) is 2.24. The van der Waals surface area contributed by atoms with Crippen LogP contribution in [0.5, 0.6) is 0 Å². The normalized spacial score (nSPS) is 9.80. The monoisotopic (exact) mass is 139 g/mol. The summed E-state index contributed by atoms with van der Waals surface area (Å²) >= 11 is 0. The second-order valence-corrected chi connectivity index (χ2v) is 2.24. The fraction of sp³-hybridized carbons (Fsp3) is 0.600. The third kappa shape index (κ3) is 2.42. The number of carboxylic acids is 2. The molecule has 5 heteroatoms. The molecule has 0 spiro atoms. The van der Waals surface area contributed by atoms with E-state index >= 15 is 0 Å². The Morgan fingerprint density at radius 2 is 1.30 bits per heavy atom. The molecule has 2 N–H and O–H groups in total. The summed E-state index contributed by atoms with van der Waals surface area (Å²) < 4.78 is 0. The van der Waals surface area contributed by atoms with E-state index < -0.39 is 17.4 Å². The largest absolute Gasteiger partial charge is 0.480 e. The van der Waals surface area contributed by atoms with Gasteiger partial charge in [0.25, 0.3) is 0 Å². The van der Waals surface area contributed by atoms with Crippen molar-refractivity contribution < 1.29 is 19.8 Å². The fourth-order valence-electron chi connectivity index (χ4n) is 0.0915. The van der Waals surface area contributed by atoms with E-state index in [9.17, 15) is 9.59 Å². The molecule has 0 aliphatic heterocycles. The fourth-order valence-corrected chi connectivity index (χ4v) is 0.0915. The Morgan fingerprint density at radius 1 is 1.10 bits per heavy atom. The van der Waals surface area contributed by atoms with Gasteiger partial charge < -0.3 is 10.2 Å². The Bertz CT molecular complexity index is 136. The van der Waals surface area contributed by atoms with Crippen molar-refractivity contribution in [2.24, 2.45) is 5.41 Å². The standard InChI is InChI=1S/C5H8O4.Li/c1-5(2,3(6)7)4(8)9;/h1-2H3,(H,6,7)(H,8,9);. The van der Waals surface area contributed by atoms with Crippen molar-refractivity contribution >= 4 is 30.8 Å². The van der Waals surface area contributed by atoms with Gasteiger partial charge in [0.05, 0.1) is 0 Å². The first-order chi connectivity index (χ1) is 3.89. The maximum Gasteiger partial charge on any atom is 0.320 e. The maximum absolute atomic E-state index is 10.1. The summed E-state index contributed by atoms with van der Waals surface area (Å²) in [6, 6.07) is 0. The molecule has 0 rings (SSSR count). The van der Waals surface area contributed by atoms with Crippen LogP contribution in [0.1, 0.15) is 13.8 Å². The van der Waals surface area contributed by atoms with Gasteiger partial charge in [0, 0.05) is 18.9 Å². The number of hydrogen-bond donors (Lipinski definition) is 2. The molecule has 1 radical (unpaired) electrons. The van der Waals surface area contributed by atoms with Gasteiger partial charge in [0.15, 0.2) is 5.41 Å². The Kier molecular flexibility index (Phi) is 4.46. The van der Waals surface area contributed by atoms with Crippen LogP contribution in [0.3, 0.4) is 0 Å². The molecule has 0 heterocycles. The van der Waals surface area contributed by atoms with Crippen LogP contribution in [0, 0.1) is 5.41 Å². The van der Waals surface area contributed by atoms with Gasteiger partial charge in [-0.3, -0.25) is 9.59 Å². The van der Waals surface area contributed by atoms with E-state index in [1.165, 1.54) is 0 Å². The number of hydrogen-bond acceptors (Lipinski definition) is 2. The number of aliphatic carboxylic acids is 2. The van der Waals surface area contributed by atoms with Crippen LogP contribution >= 0.6 is 0 Å². The van der Waals surface area contributed by atoms with Gasteiger partial charge in [0.2, 0.25) is 0 Å². The molecule has 10 heavy (non-hydrogen) atoms. The van der Waals surface area contributed by atoms with Crippen LogP contribution in [0.15, 0.2) is 0 Å². The predicted molar refractivity (Wildman–Crippen MR) is 34.8 cm³/mol. The van der Waals surface area contributed by atoms with Crippen LogP contribution in [-0.4, -0.2) is 41.0 Å². The van der Waals surface area contributed by atoms with Gasteiger partial charge in [0.1, 0.15) is 0 Å². The number of rotatable bonds is 2. The second kappa shape index (κ2) is 3.64. The molecule has 0 aromatic carbocycles. The molecule has 0 unspecified atom stereocenters. The third-order valence-electron chi connectivity index (χ3n) is 1.07. The van der Waals surface area contributed by atoms with E-state index in [-0.39, 0.29) is 18.9 Å². The summed E-state index contributed by atoms with van der Waals surface area (Å²) in [7, 11) is 0. The summed E-state index contributed by atoms with van der Waals surface area (Å²) in [6.45, 7) is 2.27. The van der Waals surface area contributed by atoms with Gasteiger partial charge in [-0.25, -0.2) is 0 Å². The molecular formula is C5H8LiO4. The molecule has 0 atom stereocenters. The molecule has 0 fully saturated rings. The van der Waals surface area contributed by atoms with Crippen LogP contribution in [0.2, 0.25) is 0 Å². The van der Waals surface area contributed by atoms with Crippen LogP contribution in [-0.2, 0) is 9.59 Å². The predicted octanol–water partition coefficient (Wildman–Crippen LogP) is -0.199. The Morgan fingerprint density at radius 3 is 1.30 bits per heavy atom. The minimum atomic E-state index is -1.67. The first-order valence-electron chi connectivity index (χ1n) is 2.36. The van der Waals surface area contributed by atoms with Gasteiger partial charge >= 0.3 is 11.9 Å². The average Bonchev–Trinajstić information content (AvgIpc) is 1.65. The zero-order valence-corrected chi connectivity index (χ0v) is 6.21. The van der Waals surface area contributed by atoms with Gasteiger partial charge in [-0.1, -0.05) is 0 Å². The zero-order chi connectivity index (χ0) is 7.65. The van der Waals surface area contributed by atoms with Gasteiger partial charge in [-0.15, -0.1) is 0 Å². The van der Waals surface area contributed by atoms with Crippen molar-refractivity contribution in [2.75, 3.05) is 0 Å². The quantitative estimate of drug-likeness (QED) is 0.410. The Hall–Kier alpha value is -0.463. The molecule has 0 aliphatic carbocycles. The number of carboxylic acid groups (broad SMARTS) is 2. The van der Waals surface area contributed by atoms with Crippen LogP contribution in [0.4, 0.5) is 0 Å². The summed E-state index contributed by atoms with van der Waals surface area (Å²) in [4.78, 5) is 20.2. The molecule has 53 valence electrons. The number of carbonyl (C=O) groups is 2. The maximum atomic E-state index is 10.1. The van der Waals surface area contributed by atoms with E-state index in [0.717, 1.165) is 13.8 Å². The SMILES string of the molecule is CC(C)(C(=O)O)C(=O)O.[Li]. The third-order valence-corrected chi connectivity index (χ3v) is 1.07. The van der Waals surface area contributed by atoms with Crippen molar-refractivity contribution in [1.29, 1.82) is 0 Å². The molecule has 0 saturated carbocycles. The molecule has 0 aliphatic rings. The summed E-state index contributed by atoms with van der Waals surface area (Å²) in [6.07, 6.45) is 0. The first-order valence-corrected chi connectivity index (χ1v) is 2.36. The first kappa shape index (κ1) is 12.2. The molecule has 0 aromatic heterocycles. The zero-order valence-electron chi connectivity index (χ0n) is 6.21. The van der Waals surface area contributed by atoms with Crippen molar-refractivity contribution in [3.05, 3.63) is 0 Å². The van der Waals surface area contributed by atoms with Gasteiger partial charge in [-0.2, -0.15) is 0 Å². The van der Waals surface area contributed by atoms with Crippen molar-refractivity contribution in [2.45, 2.75) is 13.8 Å². The van der Waals surface area contributed by atoms with E-state index in [1.807, 2.05) is 0 Å². The van der Waals surface area contributed by atoms with E-state index in [0.29, 0.717) is 0 Å². The van der Waals surface area contributed by atoms with E-state index in [4.69, 9.17) is 10.2 Å². The summed E-state index contributed by atoms with van der Waals surface area (Å²) in [5, 5.41) is 16.5. The summed E-state index contributed by atoms with van der Waals surface area (Å²) in [5.74, 6) is -2.65. The minimum Gasteiger partial charge on any atom is -0.480 e. The molecule has 0 saturated heterocycles. The van der Waals surface area contributed by atoms with Gasteiger partial charge in [-0.05, 0) is 13.8 Å². The summed E-state index contributed by atoms with van der Waals surface area (Å²) in [5.41, 5.74) is -1.67. The molecule has 4 nitrogen and oxygen atoms in total. The molecule has 0 bridgehead atoms. The Balaban J connectivity index is 0. The average molecular weight is 139 g/mol. The smallest absolute Gasteiger partial charge is 0.320 e. The topological polar surface area (TPSA) is 74.6 Å². The molecule has 0 amide bonds. The van der Waals surface area contributed by atoms with Crippen molar-refractivity contribution in [1.82, 2.24) is 0 Å². The van der Waals surface area contributed by atoms with Crippen molar-refractivity contribution in [3.8, 4) is 0 Å². The Labute approximate surface area is 70.4 Å². The van der Waals surface area contributed by atoms with E-state index in [1.54, 1.807) is 0 Å². The van der Waals surface area contributed by atoms with Crippen LogP contribution < -0.4 is 0 Å². The molecular weight excluding hydrogens is 131 g/mol. The molecule has 0 aromatic rings. The minimum absolute atomic E-state index is 0. The van der Waals surface area contributed by atoms with E-state index in [2.05, 4.69) is 0 Å². The van der Waals surface area contributed by atoms with Crippen LogP contribution in [0.25, 0.3) is 0 Å². The van der Waals surface area contributed by atoms with Crippen molar-refractivity contribution in [3.63, 3.8) is 0 Å².